The average Bonchev–Trinajstić information content (AvgIpc) is 3.08. The highest BCUT2D eigenvalue weighted by molar-refractivity contribution is 6.00. The highest BCUT2D eigenvalue weighted by atomic mass is 19.1. The van der Waals surface area contributed by atoms with Crippen LogP contribution in [0.3, 0.4) is 0 Å². The first-order valence-corrected chi connectivity index (χ1v) is 8.32. The van der Waals surface area contributed by atoms with Crippen LogP contribution in [-0.2, 0) is 0 Å². The highest BCUT2D eigenvalue weighted by Gasteiger charge is 2.19. The molecule has 0 aliphatic carbocycles. The minimum Gasteiger partial charge on any atom is -0.394 e. The molecule has 26 heavy (non-hydrogen) atoms. The topological polar surface area (TPSA) is 67.2 Å². The predicted octanol–water partition coefficient (Wildman–Crippen LogP) is 3.10. The Bertz CT molecular complexity index is 902. The van der Waals surface area contributed by atoms with Gasteiger partial charge >= 0.3 is 0 Å². The van der Waals surface area contributed by atoms with Crippen LogP contribution < -0.4 is 5.32 Å². The molecule has 3 rings (SSSR count). The molecule has 5 nitrogen and oxygen atoms in total. The van der Waals surface area contributed by atoms with Gasteiger partial charge in [-0.2, -0.15) is 5.10 Å². The highest BCUT2D eigenvalue weighted by Crippen LogP contribution is 2.24. The molecule has 1 unspecified atom stereocenters. The molecular weight excluding hydrogens is 333 g/mol. The lowest BCUT2D eigenvalue weighted by atomic mass is 10.1. The van der Waals surface area contributed by atoms with Crippen molar-refractivity contribution in [2.45, 2.75) is 19.9 Å². The number of hydrogen-bond donors (Lipinski definition) is 2. The number of rotatable bonds is 5. The zero-order valence-corrected chi connectivity index (χ0v) is 14.6. The van der Waals surface area contributed by atoms with Crippen LogP contribution in [0.2, 0.25) is 0 Å². The first-order valence-electron chi connectivity index (χ1n) is 8.32. The molecule has 0 saturated carbocycles. The Hall–Kier alpha value is -2.99. The smallest absolute Gasteiger partial charge is 0.255 e. The molecule has 0 saturated heterocycles. The summed E-state index contributed by atoms with van der Waals surface area (Å²) in [5.74, 6) is -0.662. The number of carbonyl (C=O) groups excluding carboxylic acids is 1. The van der Waals surface area contributed by atoms with E-state index in [1.54, 1.807) is 29.9 Å². The number of aryl methyl sites for hydroxylation is 1. The Morgan fingerprint density at radius 2 is 1.85 bits per heavy atom. The fourth-order valence-corrected chi connectivity index (χ4v) is 2.54. The second-order valence-electron chi connectivity index (χ2n) is 6.24. The van der Waals surface area contributed by atoms with Crippen molar-refractivity contribution in [3.8, 4) is 16.9 Å². The van der Waals surface area contributed by atoms with Gasteiger partial charge in [0.2, 0.25) is 0 Å². The summed E-state index contributed by atoms with van der Waals surface area (Å²) in [4.78, 5) is 12.6. The van der Waals surface area contributed by atoms with Gasteiger partial charge in [0.05, 0.1) is 17.9 Å². The van der Waals surface area contributed by atoms with Crippen molar-refractivity contribution >= 4 is 5.91 Å². The van der Waals surface area contributed by atoms with Crippen molar-refractivity contribution in [1.29, 1.82) is 0 Å². The summed E-state index contributed by atoms with van der Waals surface area (Å²) in [6.45, 7) is 3.54. The summed E-state index contributed by atoms with van der Waals surface area (Å²) < 4.78 is 14.7. The van der Waals surface area contributed by atoms with Gasteiger partial charge in [-0.3, -0.25) is 4.79 Å². The Morgan fingerprint density at radius 1 is 1.19 bits per heavy atom. The Morgan fingerprint density at radius 3 is 2.46 bits per heavy atom. The monoisotopic (exact) mass is 353 g/mol. The third kappa shape index (κ3) is 3.81. The Kier molecular flexibility index (Phi) is 5.14. The van der Waals surface area contributed by atoms with Crippen molar-refractivity contribution in [2.75, 3.05) is 6.61 Å². The van der Waals surface area contributed by atoms with Crippen molar-refractivity contribution in [2.24, 2.45) is 0 Å². The molecule has 0 bridgehead atoms. The van der Waals surface area contributed by atoms with E-state index in [-0.39, 0.29) is 24.4 Å². The number of aliphatic hydroxyl groups excluding tert-OH is 1. The SMILES string of the molecule is Cc1ccc(-c2nn(-c3ccc(F)cc3)cc2C(=O)NC(C)CO)cc1. The molecule has 0 spiro atoms. The van der Waals surface area contributed by atoms with Gasteiger partial charge in [0, 0.05) is 17.8 Å². The number of nitrogens with one attached hydrogen (secondary N) is 1. The molecule has 1 amide bonds. The van der Waals surface area contributed by atoms with Gasteiger partial charge in [-0.05, 0) is 38.1 Å². The predicted molar refractivity (Wildman–Crippen MR) is 97.7 cm³/mol. The van der Waals surface area contributed by atoms with Crippen LogP contribution in [0.15, 0.2) is 54.7 Å². The first kappa shape index (κ1) is 17.8. The number of nitrogens with zero attached hydrogens (tertiary/aromatic N) is 2. The average molecular weight is 353 g/mol. The summed E-state index contributed by atoms with van der Waals surface area (Å²) in [7, 11) is 0. The fraction of sp³-hybridized carbons (Fsp3) is 0.200. The maximum Gasteiger partial charge on any atom is 0.255 e. The van der Waals surface area contributed by atoms with E-state index in [0.29, 0.717) is 16.9 Å². The van der Waals surface area contributed by atoms with Crippen LogP contribution in [0.4, 0.5) is 4.39 Å². The van der Waals surface area contributed by atoms with Gasteiger partial charge in [-0.15, -0.1) is 0 Å². The van der Waals surface area contributed by atoms with E-state index >= 15 is 0 Å². The van der Waals surface area contributed by atoms with Crippen LogP contribution in [0.1, 0.15) is 22.8 Å². The van der Waals surface area contributed by atoms with Crippen LogP contribution in [0, 0.1) is 12.7 Å². The molecular formula is C20H20FN3O2. The molecule has 1 atom stereocenters. The van der Waals surface area contributed by atoms with Gasteiger partial charge in [0.25, 0.3) is 5.91 Å². The molecule has 2 aromatic carbocycles. The van der Waals surface area contributed by atoms with Crippen LogP contribution >= 0.6 is 0 Å². The fourth-order valence-electron chi connectivity index (χ4n) is 2.54. The van der Waals surface area contributed by atoms with Crippen molar-refractivity contribution in [3.05, 3.63) is 71.7 Å². The van der Waals surface area contributed by atoms with Crippen molar-refractivity contribution in [3.63, 3.8) is 0 Å². The van der Waals surface area contributed by atoms with Gasteiger partial charge in [-0.1, -0.05) is 29.8 Å². The number of benzene rings is 2. The zero-order valence-electron chi connectivity index (χ0n) is 14.6. The van der Waals surface area contributed by atoms with Crippen LogP contribution in [0.5, 0.6) is 0 Å². The van der Waals surface area contributed by atoms with Crippen molar-refractivity contribution in [1.82, 2.24) is 15.1 Å². The van der Waals surface area contributed by atoms with E-state index in [2.05, 4.69) is 10.4 Å². The minimum atomic E-state index is -0.373. The number of aromatic nitrogens is 2. The third-order valence-electron chi connectivity index (χ3n) is 4.03. The number of carbonyl (C=O) groups is 1. The number of aliphatic hydroxyl groups is 1. The Labute approximate surface area is 151 Å². The Balaban J connectivity index is 2.06. The number of halogens is 1. The molecule has 0 fully saturated rings. The lowest BCUT2D eigenvalue weighted by molar-refractivity contribution is 0.0923. The van der Waals surface area contributed by atoms with E-state index in [9.17, 15) is 14.3 Å². The summed E-state index contributed by atoms with van der Waals surface area (Å²) >= 11 is 0. The lowest BCUT2D eigenvalue weighted by Gasteiger charge is -2.10. The molecule has 134 valence electrons. The maximum absolute atomic E-state index is 13.2. The number of hydrogen-bond acceptors (Lipinski definition) is 3. The van der Waals surface area contributed by atoms with Crippen molar-refractivity contribution < 1.29 is 14.3 Å². The largest absolute Gasteiger partial charge is 0.394 e. The molecule has 0 aliphatic rings. The van der Waals surface area contributed by atoms with Gasteiger partial charge < -0.3 is 10.4 Å². The molecule has 3 aromatic rings. The van der Waals surface area contributed by atoms with E-state index in [4.69, 9.17) is 0 Å². The third-order valence-corrected chi connectivity index (χ3v) is 4.03. The summed E-state index contributed by atoms with van der Waals surface area (Å²) in [5, 5.41) is 16.5. The number of amides is 1. The molecule has 0 radical (unpaired) electrons. The van der Waals surface area contributed by atoms with E-state index in [1.165, 1.54) is 12.1 Å². The minimum absolute atomic E-state index is 0.155. The van der Waals surface area contributed by atoms with Crippen LogP contribution in [0.25, 0.3) is 16.9 Å². The summed E-state index contributed by atoms with van der Waals surface area (Å²) in [6.07, 6.45) is 1.61. The molecule has 0 aliphatic heterocycles. The molecule has 2 N–H and O–H groups in total. The zero-order chi connectivity index (χ0) is 18.7. The second kappa shape index (κ2) is 7.49. The lowest BCUT2D eigenvalue weighted by Crippen LogP contribution is -2.35. The standard InChI is InChI=1S/C20H20FN3O2/c1-13-3-5-15(6-4-13)19-18(20(26)22-14(2)12-25)11-24(23-19)17-9-7-16(21)8-10-17/h3-11,14,25H,12H2,1-2H3,(H,22,26). The van der Waals surface area contributed by atoms with E-state index in [1.807, 2.05) is 31.2 Å². The first-order chi connectivity index (χ1) is 12.5. The van der Waals surface area contributed by atoms with Gasteiger partial charge in [0.15, 0.2) is 0 Å². The van der Waals surface area contributed by atoms with E-state index in [0.717, 1.165) is 11.1 Å². The van der Waals surface area contributed by atoms with Crippen LogP contribution in [-0.4, -0.2) is 33.4 Å². The maximum atomic E-state index is 13.2. The molecule has 1 aromatic heterocycles. The summed E-state index contributed by atoms with van der Waals surface area (Å²) in [5.41, 5.74) is 3.47. The van der Waals surface area contributed by atoms with Gasteiger partial charge in [0.1, 0.15) is 11.5 Å². The molecule has 6 heteroatoms. The summed E-state index contributed by atoms with van der Waals surface area (Å²) in [6, 6.07) is 13.2. The normalized spacial score (nSPS) is 12.0. The second-order valence-corrected chi connectivity index (χ2v) is 6.24. The quantitative estimate of drug-likeness (QED) is 0.741. The van der Waals surface area contributed by atoms with Gasteiger partial charge in [-0.25, -0.2) is 9.07 Å². The van der Waals surface area contributed by atoms with E-state index < -0.39 is 0 Å². The molecule has 1 heterocycles.